The molecule has 0 bridgehead atoms. The lowest BCUT2D eigenvalue weighted by molar-refractivity contribution is -0.124. The number of hydrogen-bond donors (Lipinski definition) is 3. The summed E-state index contributed by atoms with van der Waals surface area (Å²) >= 11 is 0. The van der Waals surface area contributed by atoms with Gasteiger partial charge in [0, 0.05) is 5.92 Å². The first-order chi connectivity index (χ1) is 11.0. The van der Waals surface area contributed by atoms with E-state index >= 15 is 0 Å². The zero-order valence-electron chi connectivity index (χ0n) is 14.0. The summed E-state index contributed by atoms with van der Waals surface area (Å²) < 4.78 is 5.65. The zero-order valence-corrected chi connectivity index (χ0v) is 14.0. The Hall–Kier alpha value is -2.08. The molecule has 0 radical (unpaired) electrons. The Balaban J connectivity index is 1.79. The van der Waals surface area contributed by atoms with Crippen LogP contribution in [0.5, 0.6) is 5.75 Å². The number of nitrogens with one attached hydrogen (secondary N) is 3. The van der Waals surface area contributed by atoms with Gasteiger partial charge in [0.05, 0.1) is 0 Å². The van der Waals surface area contributed by atoms with Crippen molar-refractivity contribution in [3.8, 4) is 5.75 Å². The van der Waals surface area contributed by atoms with Crippen molar-refractivity contribution in [3.05, 3.63) is 28.8 Å². The van der Waals surface area contributed by atoms with Crippen molar-refractivity contribution in [1.82, 2.24) is 16.0 Å². The van der Waals surface area contributed by atoms with Crippen molar-refractivity contribution in [3.63, 3.8) is 0 Å². The average molecular weight is 319 g/mol. The summed E-state index contributed by atoms with van der Waals surface area (Å²) in [5.41, 5.74) is 3.20. The van der Waals surface area contributed by atoms with Crippen molar-refractivity contribution >= 4 is 11.9 Å². The number of piperidine rings is 1. The van der Waals surface area contributed by atoms with Gasteiger partial charge in [0.2, 0.25) is 5.91 Å². The molecule has 6 nitrogen and oxygen atoms in total. The predicted octanol–water partition coefficient (Wildman–Crippen LogP) is 1.77. The number of imide groups is 1. The predicted molar refractivity (Wildman–Crippen MR) is 88.4 cm³/mol. The SMILES string of the molecule is Cc1ccc(C)c(OCNC(=O)NC(=O)C2CCNCC2)c1C. The maximum atomic E-state index is 12.0. The highest BCUT2D eigenvalue weighted by atomic mass is 16.5. The summed E-state index contributed by atoms with van der Waals surface area (Å²) in [5, 5.41) is 8.14. The fourth-order valence-electron chi connectivity index (χ4n) is 2.66. The summed E-state index contributed by atoms with van der Waals surface area (Å²) in [6, 6.07) is 3.50. The van der Waals surface area contributed by atoms with Crippen LogP contribution in [0.4, 0.5) is 4.79 Å². The number of carbonyl (C=O) groups is 2. The minimum Gasteiger partial charge on any atom is -0.473 e. The van der Waals surface area contributed by atoms with E-state index in [1.165, 1.54) is 0 Å². The van der Waals surface area contributed by atoms with Crippen LogP contribution < -0.4 is 20.7 Å². The second kappa shape index (κ2) is 7.97. The molecule has 1 aliphatic heterocycles. The number of carbonyl (C=O) groups excluding carboxylic acids is 2. The zero-order chi connectivity index (χ0) is 16.8. The molecule has 23 heavy (non-hydrogen) atoms. The Labute approximate surface area is 137 Å². The van der Waals surface area contributed by atoms with E-state index in [-0.39, 0.29) is 18.6 Å². The Bertz CT molecular complexity index is 581. The lowest BCUT2D eigenvalue weighted by Gasteiger charge is -2.21. The highest BCUT2D eigenvalue weighted by Gasteiger charge is 2.22. The maximum Gasteiger partial charge on any atom is 0.324 e. The molecule has 2 rings (SSSR count). The summed E-state index contributed by atoms with van der Waals surface area (Å²) in [6.07, 6.45) is 1.52. The smallest absolute Gasteiger partial charge is 0.324 e. The molecule has 0 saturated carbocycles. The fourth-order valence-corrected chi connectivity index (χ4v) is 2.66. The normalized spacial score (nSPS) is 15.1. The van der Waals surface area contributed by atoms with Gasteiger partial charge in [-0.1, -0.05) is 12.1 Å². The van der Waals surface area contributed by atoms with E-state index in [0.29, 0.717) is 0 Å². The molecule has 6 heteroatoms. The Morgan fingerprint density at radius 2 is 1.83 bits per heavy atom. The van der Waals surface area contributed by atoms with Crippen molar-refractivity contribution in [2.75, 3.05) is 19.8 Å². The molecular formula is C17H25N3O3. The second-order valence-electron chi connectivity index (χ2n) is 5.96. The number of ether oxygens (including phenoxy) is 1. The average Bonchev–Trinajstić information content (AvgIpc) is 2.55. The van der Waals surface area contributed by atoms with Crippen molar-refractivity contribution < 1.29 is 14.3 Å². The van der Waals surface area contributed by atoms with Gasteiger partial charge in [-0.2, -0.15) is 0 Å². The molecule has 0 aromatic heterocycles. The minimum atomic E-state index is -0.517. The molecule has 0 spiro atoms. The fraction of sp³-hybridized carbons (Fsp3) is 0.529. The molecule has 3 N–H and O–H groups in total. The highest BCUT2D eigenvalue weighted by molar-refractivity contribution is 5.95. The molecule has 0 aliphatic carbocycles. The number of urea groups is 1. The van der Waals surface area contributed by atoms with E-state index in [1.807, 2.05) is 32.9 Å². The molecule has 1 aliphatic rings. The van der Waals surface area contributed by atoms with Gasteiger partial charge in [0.1, 0.15) is 5.75 Å². The van der Waals surface area contributed by atoms with E-state index in [2.05, 4.69) is 16.0 Å². The molecule has 1 aromatic rings. The topological polar surface area (TPSA) is 79.5 Å². The minimum absolute atomic E-state index is 0.0243. The molecule has 3 amide bonds. The summed E-state index contributed by atoms with van der Waals surface area (Å²) in [7, 11) is 0. The van der Waals surface area contributed by atoms with Crippen LogP contribution in [0.3, 0.4) is 0 Å². The van der Waals surface area contributed by atoms with Crippen LogP contribution in [0.15, 0.2) is 12.1 Å². The number of benzene rings is 1. The highest BCUT2D eigenvalue weighted by Crippen LogP contribution is 2.25. The second-order valence-corrected chi connectivity index (χ2v) is 5.96. The quantitative estimate of drug-likeness (QED) is 0.739. The van der Waals surface area contributed by atoms with Crippen LogP contribution in [0, 0.1) is 26.7 Å². The van der Waals surface area contributed by atoms with Crippen molar-refractivity contribution in [2.24, 2.45) is 5.92 Å². The van der Waals surface area contributed by atoms with E-state index in [1.54, 1.807) is 0 Å². The Kier molecular flexibility index (Phi) is 5.98. The van der Waals surface area contributed by atoms with Crippen molar-refractivity contribution in [1.29, 1.82) is 0 Å². The monoisotopic (exact) mass is 319 g/mol. The molecule has 1 fully saturated rings. The van der Waals surface area contributed by atoms with Crippen molar-refractivity contribution in [2.45, 2.75) is 33.6 Å². The Morgan fingerprint density at radius 1 is 1.17 bits per heavy atom. The van der Waals surface area contributed by atoms with Crippen LogP contribution in [-0.2, 0) is 4.79 Å². The molecule has 0 unspecified atom stereocenters. The van der Waals surface area contributed by atoms with E-state index in [9.17, 15) is 9.59 Å². The van der Waals surface area contributed by atoms with Gasteiger partial charge in [0.15, 0.2) is 6.73 Å². The third-order valence-corrected chi connectivity index (χ3v) is 4.27. The molecule has 1 saturated heterocycles. The van der Waals surface area contributed by atoms with Gasteiger partial charge in [-0.3, -0.25) is 10.1 Å². The maximum absolute atomic E-state index is 12.0. The van der Waals surface area contributed by atoms with Crippen LogP contribution >= 0.6 is 0 Å². The standard InChI is InChI=1S/C17H25N3O3/c1-11-4-5-12(2)15(13(11)3)23-10-19-17(22)20-16(21)14-6-8-18-9-7-14/h4-5,14,18H,6-10H2,1-3H3,(H2,19,20,21,22). The number of amides is 3. The van der Waals surface area contributed by atoms with E-state index in [0.717, 1.165) is 48.4 Å². The third kappa shape index (κ3) is 4.69. The summed E-state index contributed by atoms with van der Waals surface area (Å²) in [4.78, 5) is 23.7. The first-order valence-electron chi connectivity index (χ1n) is 7.98. The van der Waals surface area contributed by atoms with Gasteiger partial charge < -0.3 is 15.4 Å². The lowest BCUT2D eigenvalue weighted by atomic mass is 9.97. The van der Waals surface area contributed by atoms with Crippen LogP contribution in [-0.4, -0.2) is 31.8 Å². The molecule has 0 atom stereocenters. The number of aryl methyl sites for hydroxylation is 2. The van der Waals surface area contributed by atoms with Gasteiger partial charge in [-0.15, -0.1) is 0 Å². The van der Waals surface area contributed by atoms with E-state index in [4.69, 9.17) is 4.74 Å². The first-order valence-corrected chi connectivity index (χ1v) is 7.98. The largest absolute Gasteiger partial charge is 0.473 e. The Morgan fingerprint density at radius 3 is 2.52 bits per heavy atom. The first kappa shape index (κ1) is 17.3. The third-order valence-electron chi connectivity index (χ3n) is 4.27. The lowest BCUT2D eigenvalue weighted by Crippen LogP contribution is -2.45. The molecule has 126 valence electrons. The molecule has 1 aromatic carbocycles. The van der Waals surface area contributed by atoms with Crippen LogP contribution in [0.25, 0.3) is 0 Å². The van der Waals surface area contributed by atoms with Gasteiger partial charge in [-0.05, 0) is 63.4 Å². The molecular weight excluding hydrogens is 294 g/mol. The van der Waals surface area contributed by atoms with Gasteiger partial charge in [-0.25, -0.2) is 4.79 Å². The number of rotatable bonds is 4. The van der Waals surface area contributed by atoms with Gasteiger partial charge >= 0.3 is 6.03 Å². The molecule has 1 heterocycles. The van der Waals surface area contributed by atoms with Gasteiger partial charge in [0.25, 0.3) is 0 Å². The van der Waals surface area contributed by atoms with Crippen LogP contribution in [0.2, 0.25) is 0 Å². The van der Waals surface area contributed by atoms with E-state index < -0.39 is 6.03 Å². The van der Waals surface area contributed by atoms with Crippen LogP contribution in [0.1, 0.15) is 29.5 Å². The number of hydrogen-bond acceptors (Lipinski definition) is 4. The summed E-state index contributed by atoms with van der Waals surface area (Å²) in [6.45, 7) is 7.61. The summed E-state index contributed by atoms with van der Waals surface area (Å²) in [5.74, 6) is 0.464.